The number of anilines is 1. The second kappa shape index (κ2) is 5.98. The van der Waals surface area contributed by atoms with Crippen molar-refractivity contribution < 1.29 is 9.72 Å². The molecule has 0 unspecified atom stereocenters. The Kier molecular flexibility index (Phi) is 3.86. The summed E-state index contributed by atoms with van der Waals surface area (Å²) in [5, 5.41) is 13.8. The lowest BCUT2D eigenvalue weighted by molar-refractivity contribution is -0.384. The molecule has 0 atom stereocenters. The second-order valence-electron chi connectivity index (χ2n) is 4.81. The van der Waals surface area contributed by atoms with E-state index in [4.69, 9.17) is 12.2 Å². The van der Waals surface area contributed by atoms with Gasteiger partial charge in [-0.3, -0.25) is 19.8 Å². The molecule has 1 saturated heterocycles. The summed E-state index contributed by atoms with van der Waals surface area (Å²) < 4.78 is 0. The molecular formula is C16H11N3O3S. The van der Waals surface area contributed by atoms with Crippen LogP contribution in [0.2, 0.25) is 0 Å². The van der Waals surface area contributed by atoms with E-state index in [1.165, 1.54) is 17.0 Å². The number of hydrogen-bond donors (Lipinski definition) is 1. The average Bonchev–Trinajstić information content (AvgIpc) is 2.82. The van der Waals surface area contributed by atoms with Crippen LogP contribution in [-0.2, 0) is 4.79 Å². The van der Waals surface area contributed by atoms with Crippen molar-refractivity contribution in [3.63, 3.8) is 0 Å². The highest BCUT2D eigenvalue weighted by molar-refractivity contribution is 7.80. The normalized spacial score (nSPS) is 15.8. The lowest BCUT2D eigenvalue weighted by Gasteiger charge is -2.13. The van der Waals surface area contributed by atoms with Crippen molar-refractivity contribution in [2.45, 2.75) is 0 Å². The van der Waals surface area contributed by atoms with E-state index in [9.17, 15) is 14.9 Å². The Hall–Kier alpha value is -3.06. The number of para-hydroxylation sites is 1. The summed E-state index contributed by atoms with van der Waals surface area (Å²) in [5.74, 6) is -0.264. The Morgan fingerprint density at radius 1 is 1.09 bits per heavy atom. The maximum Gasteiger partial charge on any atom is 0.281 e. The van der Waals surface area contributed by atoms with Crippen LogP contribution in [0, 0.1) is 10.1 Å². The number of nitrogens with one attached hydrogen (secondary N) is 1. The molecule has 23 heavy (non-hydrogen) atoms. The summed E-state index contributed by atoms with van der Waals surface area (Å²) in [6, 6.07) is 15.0. The molecule has 1 N–H and O–H groups in total. The van der Waals surface area contributed by atoms with Gasteiger partial charge in [0.2, 0.25) is 0 Å². The molecular weight excluding hydrogens is 314 g/mol. The fourth-order valence-corrected chi connectivity index (χ4v) is 2.50. The number of carbonyl (C=O) groups excluding carboxylic acids is 1. The predicted molar refractivity (Wildman–Crippen MR) is 90.7 cm³/mol. The van der Waals surface area contributed by atoms with Crippen LogP contribution in [0.1, 0.15) is 5.56 Å². The highest BCUT2D eigenvalue weighted by atomic mass is 32.1. The predicted octanol–water partition coefficient (Wildman–Crippen LogP) is 2.86. The zero-order chi connectivity index (χ0) is 16.4. The van der Waals surface area contributed by atoms with Crippen LogP contribution < -0.4 is 10.2 Å². The van der Waals surface area contributed by atoms with Crippen LogP contribution in [-0.4, -0.2) is 15.9 Å². The molecule has 6 nitrogen and oxygen atoms in total. The first-order chi connectivity index (χ1) is 11.1. The minimum Gasteiger partial charge on any atom is -0.327 e. The van der Waals surface area contributed by atoms with Crippen molar-refractivity contribution in [1.29, 1.82) is 0 Å². The molecule has 2 aromatic rings. The molecule has 0 radical (unpaired) electrons. The molecule has 2 aromatic carbocycles. The van der Waals surface area contributed by atoms with Gasteiger partial charge in [-0.25, -0.2) is 0 Å². The lowest BCUT2D eigenvalue weighted by atomic mass is 10.1. The summed E-state index contributed by atoms with van der Waals surface area (Å²) >= 11 is 5.21. The van der Waals surface area contributed by atoms with Gasteiger partial charge in [-0.2, -0.15) is 0 Å². The number of benzene rings is 2. The number of thiocarbonyl (C=S) groups is 1. The third kappa shape index (κ3) is 2.95. The molecule has 1 amide bonds. The molecule has 3 rings (SSSR count). The van der Waals surface area contributed by atoms with Crippen LogP contribution in [0.5, 0.6) is 0 Å². The van der Waals surface area contributed by atoms with Gasteiger partial charge in [0.25, 0.3) is 11.6 Å². The molecule has 0 bridgehead atoms. The van der Waals surface area contributed by atoms with Crippen LogP contribution in [0.4, 0.5) is 11.4 Å². The summed E-state index contributed by atoms with van der Waals surface area (Å²) in [7, 11) is 0. The van der Waals surface area contributed by atoms with Crippen molar-refractivity contribution >= 4 is 40.7 Å². The molecule has 1 fully saturated rings. The Balaban J connectivity index is 1.88. The largest absolute Gasteiger partial charge is 0.327 e. The Morgan fingerprint density at radius 3 is 2.35 bits per heavy atom. The number of carbonyl (C=O) groups is 1. The Labute approximate surface area is 137 Å². The first kappa shape index (κ1) is 14.9. The van der Waals surface area contributed by atoms with Gasteiger partial charge in [0, 0.05) is 12.1 Å². The summed E-state index contributed by atoms with van der Waals surface area (Å²) in [6.07, 6.45) is 1.61. The van der Waals surface area contributed by atoms with Gasteiger partial charge in [-0.15, -0.1) is 0 Å². The third-order valence-electron chi connectivity index (χ3n) is 3.31. The zero-order valence-corrected chi connectivity index (χ0v) is 12.6. The SMILES string of the molecule is O=C1/C(=C/c2ccc([N+](=O)[O-])cc2)NC(=S)N1c1ccccc1. The van der Waals surface area contributed by atoms with Crippen LogP contribution >= 0.6 is 12.2 Å². The number of non-ortho nitro benzene ring substituents is 1. The highest BCUT2D eigenvalue weighted by Crippen LogP contribution is 2.22. The van der Waals surface area contributed by atoms with E-state index >= 15 is 0 Å². The fraction of sp³-hybridized carbons (Fsp3) is 0. The lowest BCUT2D eigenvalue weighted by Crippen LogP contribution is -2.30. The topological polar surface area (TPSA) is 75.5 Å². The van der Waals surface area contributed by atoms with E-state index in [2.05, 4.69) is 5.32 Å². The average molecular weight is 325 g/mol. The maximum absolute atomic E-state index is 12.5. The zero-order valence-electron chi connectivity index (χ0n) is 11.8. The molecule has 0 aliphatic carbocycles. The van der Waals surface area contributed by atoms with Gasteiger partial charge in [0.15, 0.2) is 5.11 Å². The molecule has 0 aromatic heterocycles. The number of amides is 1. The van der Waals surface area contributed by atoms with E-state index < -0.39 is 4.92 Å². The molecule has 1 aliphatic heterocycles. The molecule has 1 heterocycles. The van der Waals surface area contributed by atoms with Gasteiger partial charge in [-0.05, 0) is 48.1 Å². The number of rotatable bonds is 3. The molecule has 7 heteroatoms. The van der Waals surface area contributed by atoms with E-state index in [-0.39, 0.29) is 11.6 Å². The quantitative estimate of drug-likeness (QED) is 0.406. The summed E-state index contributed by atoms with van der Waals surface area (Å²) in [5.41, 5.74) is 1.68. The van der Waals surface area contributed by atoms with Gasteiger partial charge in [-0.1, -0.05) is 18.2 Å². The third-order valence-corrected chi connectivity index (χ3v) is 3.59. The minimum absolute atomic E-state index is 0.000657. The smallest absolute Gasteiger partial charge is 0.281 e. The number of nitro benzene ring substituents is 1. The standard InChI is InChI=1S/C16H11N3O3S/c20-15-14(10-11-6-8-13(9-7-11)19(21)22)17-16(23)18(15)12-4-2-1-3-5-12/h1-10H,(H,17,23)/b14-10-. The van der Waals surface area contributed by atoms with Crippen molar-refractivity contribution in [3.8, 4) is 0 Å². The van der Waals surface area contributed by atoms with E-state index in [1.807, 2.05) is 18.2 Å². The first-order valence-corrected chi connectivity index (χ1v) is 7.14. The summed E-state index contributed by atoms with van der Waals surface area (Å²) in [4.78, 5) is 24.1. The molecule has 0 spiro atoms. The van der Waals surface area contributed by atoms with Crippen molar-refractivity contribution in [1.82, 2.24) is 5.32 Å². The maximum atomic E-state index is 12.5. The van der Waals surface area contributed by atoms with Crippen molar-refractivity contribution in [2.75, 3.05) is 4.90 Å². The highest BCUT2D eigenvalue weighted by Gasteiger charge is 2.31. The molecule has 1 aliphatic rings. The Morgan fingerprint density at radius 2 is 1.74 bits per heavy atom. The molecule has 114 valence electrons. The number of nitro groups is 1. The number of nitrogens with zero attached hydrogens (tertiary/aromatic N) is 2. The number of hydrogen-bond acceptors (Lipinski definition) is 4. The first-order valence-electron chi connectivity index (χ1n) is 6.73. The minimum atomic E-state index is -0.470. The summed E-state index contributed by atoms with van der Waals surface area (Å²) in [6.45, 7) is 0. The van der Waals surface area contributed by atoms with E-state index in [0.29, 0.717) is 22.1 Å². The van der Waals surface area contributed by atoms with Crippen molar-refractivity contribution in [3.05, 3.63) is 76.0 Å². The van der Waals surface area contributed by atoms with Crippen LogP contribution in [0.15, 0.2) is 60.3 Å². The van der Waals surface area contributed by atoms with Gasteiger partial charge >= 0.3 is 0 Å². The van der Waals surface area contributed by atoms with Crippen LogP contribution in [0.25, 0.3) is 6.08 Å². The van der Waals surface area contributed by atoms with E-state index in [1.54, 1.807) is 30.3 Å². The van der Waals surface area contributed by atoms with Gasteiger partial charge in [0.05, 0.1) is 10.6 Å². The monoisotopic (exact) mass is 325 g/mol. The van der Waals surface area contributed by atoms with Crippen molar-refractivity contribution in [2.24, 2.45) is 0 Å². The van der Waals surface area contributed by atoms with Gasteiger partial charge < -0.3 is 5.32 Å². The van der Waals surface area contributed by atoms with Crippen LogP contribution in [0.3, 0.4) is 0 Å². The van der Waals surface area contributed by atoms with Gasteiger partial charge in [0.1, 0.15) is 5.70 Å². The molecule has 0 saturated carbocycles. The Bertz CT molecular complexity index is 816. The van der Waals surface area contributed by atoms with E-state index in [0.717, 1.165) is 0 Å². The fourth-order valence-electron chi connectivity index (χ4n) is 2.21. The second-order valence-corrected chi connectivity index (χ2v) is 5.20.